The molecule has 0 aromatic heterocycles. The predicted molar refractivity (Wildman–Crippen MR) is 110 cm³/mol. The quantitative estimate of drug-likeness (QED) is 0.471. The summed E-state index contributed by atoms with van der Waals surface area (Å²) in [6, 6.07) is 15.8. The van der Waals surface area contributed by atoms with E-state index in [-0.39, 0.29) is 17.6 Å². The van der Waals surface area contributed by atoms with Gasteiger partial charge in [-0.1, -0.05) is 42.5 Å². The first-order chi connectivity index (χ1) is 13.5. The summed E-state index contributed by atoms with van der Waals surface area (Å²) in [5.41, 5.74) is 2.16. The molecule has 6 nitrogen and oxygen atoms in total. The highest BCUT2D eigenvalue weighted by Gasteiger charge is 2.21. The van der Waals surface area contributed by atoms with Crippen LogP contribution in [-0.2, 0) is 22.4 Å². The number of aryl methyl sites for hydroxylation is 1. The van der Waals surface area contributed by atoms with Gasteiger partial charge in [0, 0.05) is 6.54 Å². The SMILES string of the molecule is CN[C@@H](Cc1ccc(O)cc1)C(=O)N[C@H](C)C(=O)NCCCc1ccccc1. The highest BCUT2D eigenvalue weighted by molar-refractivity contribution is 5.89. The predicted octanol–water partition coefficient (Wildman–Crippen LogP) is 1.78. The van der Waals surface area contributed by atoms with Gasteiger partial charge in [0.2, 0.25) is 11.8 Å². The molecule has 0 fully saturated rings. The fraction of sp³-hybridized carbons (Fsp3) is 0.364. The van der Waals surface area contributed by atoms with Crippen molar-refractivity contribution >= 4 is 11.8 Å². The molecule has 2 amide bonds. The molecule has 2 aromatic carbocycles. The van der Waals surface area contributed by atoms with Crippen molar-refractivity contribution in [2.24, 2.45) is 0 Å². The largest absolute Gasteiger partial charge is 0.508 e. The first kappa shape index (κ1) is 21.4. The lowest BCUT2D eigenvalue weighted by molar-refractivity contribution is -0.129. The summed E-state index contributed by atoms with van der Waals surface area (Å²) in [7, 11) is 1.71. The average Bonchev–Trinajstić information content (AvgIpc) is 2.71. The number of phenols is 1. The molecule has 4 N–H and O–H groups in total. The van der Waals surface area contributed by atoms with Crippen LogP contribution in [0.25, 0.3) is 0 Å². The summed E-state index contributed by atoms with van der Waals surface area (Å²) in [6.45, 7) is 2.24. The minimum Gasteiger partial charge on any atom is -0.508 e. The van der Waals surface area contributed by atoms with E-state index in [4.69, 9.17) is 0 Å². The Morgan fingerprint density at radius 2 is 1.64 bits per heavy atom. The highest BCUT2D eigenvalue weighted by atomic mass is 16.3. The molecule has 2 atom stereocenters. The molecule has 2 rings (SSSR count). The standard InChI is InChI=1S/C22H29N3O3/c1-16(21(27)24-14-6-9-17-7-4-3-5-8-17)25-22(28)20(23-2)15-18-10-12-19(26)13-11-18/h3-5,7-8,10-13,16,20,23,26H,6,9,14-15H2,1-2H3,(H,24,27)(H,25,28)/t16-,20+/m1/s1. The molecule has 0 unspecified atom stereocenters. The van der Waals surface area contributed by atoms with E-state index in [1.807, 2.05) is 18.2 Å². The van der Waals surface area contributed by atoms with E-state index < -0.39 is 12.1 Å². The maximum Gasteiger partial charge on any atom is 0.242 e. The number of benzene rings is 2. The number of aromatic hydroxyl groups is 1. The van der Waals surface area contributed by atoms with Crippen molar-refractivity contribution < 1.29 is 14.7 Å². The van der Waals surface area contributed by atoms with Crippen LogP contribution in [0.15, 0.2) is 54.6 Å². The number of carbonyl (C=O) groups is 2. The zero-order valence-electron chi connectivity index (χ0n) is 16.4. The van der Waals surface area contributed by atoms with E-state index in [1.54, 1.807) is 38.2 Å². The zero-order chi connectivity index (χ0) is 20.4. The van der Waals surface area contributed by atoms with Crippen molar-refractivity contribution in [3.8, 4) is 5.75 Å². The van der Waals surface area contributed by atoms with Gasteiger partial charge in [-0.15, -0.1) is 0 Å². The molecule has 0 spiro atoms. The van der Waals surface area contributed by atoms with Gasteiger partial charge in [-0.05, 0) is 56.5 Å². The van der Waals surface area contributed by atoms with Crippen molar-refractivity contribution in [1.29, 1.82) is 0 Å². The number of hydrogen-bond acceptors (Lipinski definition) is 4. The van der Waals surface area contributed by atoms with E-state index in [9.17, 15) is 14.7 Å². The second-order valence-corrected chi connectivity index (χ2v) is 6.82. The van der Waals surface area contributed by atoms with Crippen molar-refractivity contribution in [2.45, 2.75) is 38.3 Å². The number of hydrogen-bond donors (Lipinski definition) is 4. The van der Waals surface area contributed by atoms with E-state index in [0.29, 0.717) is 13.0 Å². The summed E-state index contributed by atoms with van der Waals surface area (Å²) < 4.78 is 0. The number of rotatable bonds is 10. The Kier molecular flexibility index (Phi) is 8.49. The van der Waals surface area contributed by atoms with E-state index in [2.05, 4.69) is 28.1 Å². The lowest BCUT2D eigenvalue weighted by Crippen LogP contribution is -2.51. The molecule has 0 aliphatic carbocycles. The Bertz CT molecular complexity index is 747. The van der Waals surface area contributed by atoms with Gasteiger partial charge in [0.1, 0.15) is 11.8 Å². The van der Waals surface area contributed by atoms with Crippen LogP contribution in [-0.4, -0.2) is 42.6 Å². The molecule has 0 heterocycles. The molecule has 0 aliphatic rings. The molecule has 28 heavy (non-hydrogen) atoms. The molecule has 2 aromatic rings. The third-order valence-corrected chi connectivity index (χ3v) is 4.58. The molecule has 0 bridgehead atoms. The third kappa shape index (κ3) is 7.04. The fourth-order valence-corrected chi connectivity index (χ4v) is 2.87. The summed E-state index contributed by atoms with van der Waals surface area (Å²) in [5, 5.41) is 18.0. The second-order valence-electron chi connectivity index (χ2n) is 6.82. The summed E-state index contributed by atoms with van der Waals surface area (Å²) in [6.07, 6.45) is 2.21. The number of likely N-dealkylation sites (N-methyl/N-ethyl adjacent to an activating group) is 1. The Hall–Kier alpha value is -2.86. The Morgan fingerprint density at radius 3 is 2.29 bits per heavy atom. The van der Waals surface area contributed by atoms with Crippen molar-refractivity contribution in [3.05, 3.63) is 65.7 Å². The van der Waals surface area contributed by atoms with Crippen molar-refractivity contribution in [3.63, 3.8) is 0 Å². The van der Waals surface area contributed by atoms with Crippen LogP contribution in [0.2, 0.25) is 0 Å². The van der Waals surface area contributed by atoms with Crippen LogP contribution in [0.3, 0.4) is 0 Å². The maximum atomic E-state index is 12.5. The second kappa shape index (κ2) is 11.1. The average molecular weight is 383 g/mol. The zero-order valence-corrected chi connectivity index (χ0v) is 16.4. The van der Waals surface area contributed by atoms with Gasteiger partial charge in [0.05, 0.1) is 6.04 Å². The molecule has 0 aliphatic heterocycles. The number of amides is 2. The van der Waals surface area contributed by atoms with E-state index >= 15 is 0 Å². The van der Waals surface area contributed by atoms with Gasteiger partial charge in [0.15, 0.2) is 0 Å². The number of nitrogens with one attached hydrogen (secondary N) is 3. The molecular formula is C22H29N3O3. The molecule has 0 radical (unpaired) electrons. The van der Waals surface area contributed by atoms with Crippen LogP contribution in [0.4, 0.5) is 0 Å². The van der Waals surface area contributed by atoms with Crippen molar-refractivity contribution in [1.82, 2.24) is 16.0 Å². The van der Waals surface area contributed by atoms with E-state index in [0.717, 1.165) is 18.4 Å². The van der Waals surface area contributed by atoms with E-state index in [1.165, 1.54) is 5.56 Å². The molecule has 150 valence electrons. The molecule has 6 heteroatoms. The fourth-order valence-electron chi connectivity index (χ4n) is 2.87. The first-order valence-electron chi connectivity index (χ1n) is 9.56. The van der Waals surface area contributed by atoms with Gasteiger partial charge in [-0.25, -0.2) is 0 Å². The monoisotopic (exact) mass is 383 g/mol. The number of phenolic OH excluding ortho intramolecular Hbond substituents is 1. The Morgan fingerprint density at radius 1 is 0.964 bits per heavy atom. The first-order valence-corrected chi connectivity index (χ1v) is 9.56. The summed E-state index contributed by atoms with van der Waals surface area (Å²) in [5.74, 6) is -0.241. The third-order valence-electron chi connectivity index (χ3n) is 4.58. The van der Waals surface area contributed by atoms with Gasteiger partial charge in [-0.2, -0.15) is 0 Å². The lowest BCUT2D eigenvalue weighted by Gasteiger charge is -2.20. The van der Waals surface area contributed by atoms with Crippen LogP contribution >= 0.6 is 0 Å². The van der Waals surface area contributed by atoms with Gasteiger partial charge in [-0.3, -0.25) is 9.59 Å². The van der Waals surface area contributed by atoms with Crippen LogP contribution in [0.5, 0.6) is 5.75 Å². The Balaban J connectivity index is 1.74. The summed E-state index contributed by atoms with van der Waals surface area (Å²) in [4.78, 5) is 24.7. The van der Waals surface area contributed by atoms with Crippen LogP contribution < -0.4 is 16.0 Å². The van der Waals surface area contributed by atoms with Crippen molar-refractivity contribution in [2.75, 3.05) is 13.6 Å². The lowest BCUT2D eigenvalue weighted by atomic mass is 10.0. The van der Waals surface area contributed by atoms with Gasteiger partial charge < -0.3 is 21.1 Å². The maximum absolute atomic E-state index is 12.5. The molecule has 0 saturated heterocycles. The highest BCUT2D eigenvalue weighted by Crippen LogP contribution is 2.11. The summed E-state index contributed by atoms with van der Waals surface area (Å²) >= 11 is 0. The van der Waals surface area contributed by atoms with Gasteiger partial charge >= 0.3 is 0 Å². The molecule has 0 saturated carbocycles. The minimum atomic E-state index is -0.611. The van der Waals surface area contributed by atoms with Crippen LogP contribution in [0.1, 0.15) is 24.5 Å². The molecular weight excluding hydrogens is 354 g/mol. The Labute approximate surface area is 166 Å². The normalized spacial score (nSPS) is 12.8. The van der Waals surface area contributed by atoms with Crippen LogP contribution in [0, 0.1) is 0 Å². The number of carbonyl (C=O) groups excluding carboxylic acids is 2. The topological polar surface area (TPSA) is 90.5 Å². The minimum absolute atomic E-state index is 0.187. The smallest absolute Gasteiger partial charge is 0.242 e. The van der Waals surface area contributed by atoms with Gasteiger partial charge in [0.25, 0.3) is 0 Å².